The molecule has 1 aliphatic heterocycles. The molecule has 1 aliphatic rings. The summed E-state index contributed by atoms with van der Waals surface area (Å²) in [6.07, 6.45) is 2.13. The van der Waals surface area contributed by atoms with Crippen LogP contribution in [0.4, 0.5) is 0 Å². The standard InChI is InChI=1S/C13H26N2O2/c1-10(5-6-13(2,3)4)15-12(16)11-9-17-8-7-14-11/h10-11,14H,5-9H2,1-4H3,(H,15,16). The van der Waals surface area contributed by atoms with E-state index in [1.54, 1.807) is 0 Å². The van der Waals surface area contributed by atoms with Gasteiger partial charge in [-0.2, -0.15) is 0 Å². The summed E-state index contributed by atoms with van der Waals surface area (Å²) < 4.78 is 5.28. The molecule has 0 aliphatic carbocycles. The number of ether oxygens (including phenoxy) is 1. The molecule has 1 heterocycles. The minimum absolute atomic E-state index is 0.0612. The highest BCUT2D eigenvalue weighted by molar-refractivity contribution is 5.82. The Kier molecular flexibility index (Phi) is 5.40. The largest absolute Gasteiger partial charge is 0.378 e. The molecule has 0 aromatic rings. The van der Waals surface area contributed by atoms with Crippen molar-refractivity contribution >= 4 is 5.91 Å². The summed E-state index contributed by atoms with van der Waals surface area (Å²) in [6, 6.07) is 0.0475. The number of carbonyl (C=O) groups is 1. The van der Waals surface area contributed by atoms with Gasteiger partial charge in [0, 0.05) is 12.6 Å². The van der Waals surface area contributed by atoms with E-state index in [4.69, 9.17) is 4.74 Å². The third-order valence-corrected chi connectivity index (χ3v) is 2.95. The molecule has 1 rings (SSSR count). The highest BCUT2D eigenvalue weighted by Gasteiger charge is 2.22. The second-order valence-corrected chi connectivity index (χ2v) is 6.09. The number of hydrogen-bond donors (Lipinski definition) is 2. The van der Waals surface area contributed by atoms with Crippen molar-refractivity contribution in [2.24, 2.45) is 5.41 Å². The Morgan fingerprint density at radius 2 is 2.24 bits per heavy atom. The van der Waals surface area contributed by atoms with Gasteiger partial charge < -0.3 is 15.4 Å². The fraction of sp³-hybridized carbons (Fsp3) is 0.923. The first-order chi connectivity index (χ1) is 7.88. The molecular formula is C13H26N2O2. The van der Waals surface area contributed by atoms with E-state index >= 15 is 0 Å². The first-order valence-corrected chi connectivity index (χ1v) is 6.50. The summed E-state index contributed by atoms with van der Waals surface area (Å²) in [4.78, 5) is 11.9. The molecule has 2 N–H and O–H groups in total. The Bertz CT molecular complexity index is 242. The first kappa shape index (κ1) is 14.5. The maximum Gasteiger partial charge on any atom is 0.239 e. The van der Waals surface area contributed by atoms with E-state index in [2.05, 4.69) is 38.3 Å². The molecule has 4 nitrogen and oxygen atoms in total. The quantitative estimate of drug-likeness (QED) is 0.781. The summed E-state index contributed by atoms with van der Waals surface area (Å²) in [5.74, 6) is 0.0612. The third-order valence-electron chi connectivity index (χ3n) is 2.95. The van der Waals surface area contributed by atoms with Crippen molar-refractivity contribution in [3.8, 4) is 0 Å². The van der Waals surface area contributed by atoms with Crippen LogP contribution in [-0.4, -0.2) is 37.7 Å². The van der Waals surface area contributed by atoms with E-state index in [1.165, 1.54) is 0 Å². The average molecular weight is 242 g/mol. The zero-order chi connectivity index (χ0) is 12.9. The molecule has 0 radical (unpaired) electrons. The Hall–Kier alpha value is -0.610. The molecule has 1 amide bonds. The van der Waals surface area contributed by atoms with Gasteiger partial charge in [0.1, 0.15) is 6.04 Å². The molecule has 2 atom stereocenters. The van der Waals surface area contributed by atoms with Gasteiger partial charge in [-0.25, -0.2) is 0 Å². The number of rotatable bonds is 4. The van der Waals surface area contributed by atoms with Crippen LogP contribution in [0.25, 0.3) is 0 Å². The predicted octanol–water partition coefficient (Wildman–Crippen LogP) is 1.31. The van der Waals surface area contributed by atoms with Crippen LogP contribution in [0.2, 0.25) is 0 Å². The molecule has 2 unspecified atom stereocenters. The molecular weight excluding hydrogens is 216 g/mol. The van der Waals surface area contributed by atoms with E-state index in [9.17, 15) is 4.79 Å². The van der Waals surface area contributed by atoms with Gasteiger partial charge in [-0.3, -0.25) is 4.79 Å². The SMILES string of the molecule is CC(CCC(C)(C)C)NC(=O)C1COCCN1. The van der Waals surface area contributed by atoms with Gasteiger partial charge >= 0.3 is 0 Å². The summed E-state index contributed by atoms with van der Waals surface area (Å²) in [6.45, 7) is 10.7. The van der Waals surface area contributed by atoms with Gasteiger partial charge in [0.05, 0.1) is 13.2 Å². The molecule has 4 heteroatoms. The molecule has 100 valence electrons. The second kappa shape index (κ2) is 6.36. The van der Waals surface area contributed by atoms with E-state index < -0.39 is 0 Å². The minimum Gasteiger partial charge on any atom is -0.378 e. The molecule has 0 spiro atoms. The van der Waals surface area contributed by atoms with E-state index in [-0.39, 0.29) is 18.0 Å². The molecule has 0 aromatic carbocycles. The fourth-order valence-electron chi connectivity index (χ4n) is 1.80. The zero-order valence-electron chi connectivity index (χ0n) is 11.5. The van der Waals surface area contributed by atoms with Crippen LogP contribution in [0.15, 0.2) is 0 Å². The lowest BCUT2D eigenvalue weighted by Crippen LogP contribution is -2.52. The number of nitrogens with one attached hydrogen (secondary N) is 2. The van der Waals surface area contributed by atoms with Crippen molar-refractivity contribution in [1.29, 1.82) is 0 Å². The normalized spacial score (nSPS) is 23.2. The maximum absolute atomic E-state index is 11.9. The van der Waals surface area contributed by atoms with Gasteiger partial charge in [0.2, 0.25) is 5.91 Å². The van der Waals surface area contributed by atoms with Crippen LogP contribution in [0, 0.1) is 5.41 Å². The molecule has 1 saturated heterocycles. The van der Waals surface area contributed by atoms with Gasteiger partial charge in [-0.1, -0.05) is 20.8 Å². The van der Waals surface area contributed by atoms with E-state index in [0.29, 0.717) is 18.6 Å². The smallest absolute Gasteiger partial charge is 0.239 e. The molecule has 0 aromatic heterocycles. The van der Waals surface area contributed by atoms with Crippen LogP contribution in [-0.2, 0) is 9.53 Å². The first-order valence-electron chi connectivity index (χ1n) is 6.50. The lowest BCUT2D eigenvalue weighted by atomic mass is 9.89. The van der Waals surface area contributed by atoms with Crippen LogP contribution in [0.3, 0.4) is 0 Å². The topological polar surface area (TPSA) is 50.4 Å². The summed E-state index contributed by atoms with van der Waals surface area (Å²) in [5, 5.41) is 6.20. The Labute approximate surface area is 104 Å². The van der Waals surface area contributed by atoms with Gasteiger partial charge in [-0.15, -0.1) is 0 Å². The van der Waals surface area contributed by atoms with E-state index in [1.807, 2.05) is 0 Å². The van der Waals surface area contributed by atoms with Crippen molar-refractivity contribution in [2.45, 2.75) is 52.6 Å². The number of carbonyl (C=O) groups excluding carboxylic acids is 1. The number of amides is 1. The third kappa shape index (κ3) is 6.03. The van der Waals surface area contributed by atoms with Crippen molar-refractivity contribution < 1.29 is 9.53 Å². The molecule has 0 saturated carbocycles. The average Bonchev–Trinajstić information content (AvgIpc) is 2.27. The number of morpholine rings is 1. The Morgan fingerprint density at radius 1 is 1.53 bits per heavy atom. The van der Waals surface area contributed by atoms with Crippen molar-refractivity contribution in [1.82, 2.24) is 10.6 Å². The number of hydrogen-bond acceptors (Lipinski definition) is 3. The van der Waals surface area contributed by atoms with Crippen LogP contribution in [0.1, 0.15) is 40.5 Å². The van der Waals surface area contributed by atoms with Gasteiger partial charge in [0.25, 0.3) is 0 Å². The second-order valence-electron chi connectivity index (χ2n) is 6.09. The molecule has 1 fully saturated rings. The lowest BCUT2D eigenvalue weighted by molar-refractivity contribution is -0.126. The summed E-state index contributed by atoms with van der Waals surface area (Å²) in [7, 11) is 0. The van der Waals surface area contributed by atoms with Gasteiger partial charge in [-0.05, 0) is 25.2 Å². The highest BCUT2D eigenvalue weighted by atomic mass is 16.5. The Morgan fingerprint density at radius 3 is 2.76 bits per heavy atom. The maximum atomic E-state index is 11.9. The van der Waals surface area contributed by atoms with E-state index in [0.717, 1.165) is 19.4 Å². The minimum atomic E-state index is -0.180. The van der Waals surface area contributed by atoms with Crippen LogP contribution < -0.4 is 10.6 Å². The van der Waals surface area contributed by atoms with Crippen LogP contribution >= 0.6 is 0 Å². The fourth-order valence-corrected chi connectivity index (χ4v) is 1.80. The van der Waals surface area contributed by atoms with Crippen molar-refractivity contribution in [3.63, 3.8) is 0 Å². The monoisotopic (exact) mass is 242 g/mol. The highest BCUT2D eigenvalue weighted by Crippen LogP contribution is 2.21. The summed E-state index contributed by atoms with van der Waals surface area (Å²) >= 11 is 0. The predicted molar refractivity (Wildman–Crippen MR) is 68.9 cm³/mol. The van der Waals surface area contributed by atoms with Crippen molar-refractivity contribution in [2.75, 3.05) is 19.8 Å². The zero-order valence-corrected chi connectivity index (χ0v) is 11.5. The Balaban J connectivity index is 2.25. The summed E-state index contributed by atoms with van der Waals surface area (Å²) in [5.41, 5.74) is 0.325. The molecule has 0 bridgehead atoms. The lowest BCUT2D eigenvalue weighted by Gasteiger charge is -2.26. The van der Waals surface area contributed by atoms with Crippen LogP contribution in [0.5, 0.6) is 0 Å². The van der Waals surface area contributed by atoms with Gasteiger partial charge in [0.15, 0.2) is 0 Å². The van der Waals surface area contributed by atoms with Crippen molar-refractivity contribution in [3.05, 3.63) is 0 Å². The molecule has 17 heavy (non-hydrogen) atoms.